The van der Waals surface area contributed by atoms with E-state index < -0.39 is 52.0 Å². The first kappa shape index (κ1) is 23.8. The molecule has 0 bridgehead atoms. The Morgan fingerprint density at radius 2 is 1.83 bits per heavy atom. The van der Waals surface area contributed by atoms with Crippen LogP contribution in [0.2, 0.25) is 0 Å². The van der Waals surface area contributed by atoms with E-state index in [2.05, 4.69) is 5.32 Å². The molecule has 2 N–H and O–H groups in total. The summed E-state index contributed by atoms with van der Waals surface area (Å²) in [7, 11) is -3.92. The summed E-state index contributed by atoms with van der Waals surface area (Å²) in [6, 6.07) is 3.72. The van der Waals surface area contributed by atoms with E-state index in [1.807, 2.05) is 6.92 Å². The van der Waals surface area contributed by atoms with Crippen LogP contribution in [0.15, 0.2) is 29.2 Å². The number of esters is 1. The molecule has 0 spiro atoms. The second-order valence-corrected chi connectivity index (χ2v) is 10.2. The molecule has 10 heteroatoms. The number of carbonyl (C=O) groups excluding carboxylic acids is 2. The van der Waals surface area contributed by atoms with Crippen molar-refractivity contribution in [2.24, 2.45) is 0 Å². The van der Waals surface area contributed by atoms with Gasteiger partial charge in [-0.25, -0.2) is 13.2 Å². The second kappa shape index (κ2) is 9.13. The van der Waals surface area contributed by atoms with Gasteiger partial charge in [0.2, 0.25) is 15.9 Å². The van der Waals surface area contributed by atoms with Crippen LogP contribution in [0.3, 0.4) is 0 Å². The third kappa shape index (κ3) is 6.02. The number of aliphatic carboxylic acids is 1. The molecule has 1 heterocycles. The molecule has 1 amide bonds. The third-order valence-electron chi connectivity index (χ3n) is 4.54. The van der Waals surface area contributed by atoms with Gasteiger partial charge in [-0.1, -0.05) is 17.7 Å². The maximum absolute atomic E-state index is 13.0. The molecule has 1 aromatic carbocycles. The molecule has 0 aromatic heterocycles. The highest BCUT2D eigenvalue weighted by atomic mass is 32.2. The lowest BCUT2D eigenvalue weighted by atomic mass is 10.1. The number of benzene rings is 1. The van der Waals surface area contributed by atoms with Crippen molar-refractivity contribution >= 4 is 27.9 Å². The molecule has 1 aliphatic rings. The van der Waals surface area contributed by atoms with Crippen LogP contribution in [0.5, 0.6) is 0 Å². The fourth-order valence-electron chi connectivity index (χ4n) is 3.15. The van der Waals surface area contributed by atoms with E-state index in [0.29, 0.717) is 6.42 Å². The van der Waals surface area contributed by atoms with Crippen LogP contribution in [0.25, 0.3) is 0 Å². The average molecular weight is 441 g/mol. The van der Waals surface area contributed by atoms with Crippen LogP contribution in [0.4, 0.5) is 0 Å². The van der Waals surface area contributed by atoms with E-state index in [1.54, 1.807) is 32.9 Å². The van der Waals surface area contributed by atoms with E-state index >= 15 is 0 Å². The summed E-state index contributed by atoms with van der Waals surface area (Å²) in [6.07, 6.45) is 0.165. The van der Waals surface area contributed by atoms with E-state index in [0.717, 1.165) is 9.87 Å². The molecule has 166 valence electrons. The van der Waals surface area contributed by atoms with Gasteiger partial charge in [-0.2, -0.15) is 4.31 Å². The summed E-state index contributed by atoms with van der Waals surface area (Å²) < 4.78 is 32.1. The molecule has 2 atom stereocenters. The summed E-state index contributed by atoms with van der Waals surface area (Å²) in [5.41, 5.74) is 0.102. The standard InChI is InChI=1S/C20H28N2O7S/c1-13-7-9-14(10-8-13)30(27,28)22-11-5-6-16(22)18(24)21-15(19(25)26)12-17(23)29-20(2,3)4/h7-10,15-16H,5-6,11-12H2,1-4H3,(H,21,24)(H,25,26)/t15-,16-/m0/s1. The van der Waals surface area contributed by atoms with Crippen molar-refractivity contribution in [3.05, 3.63) is 29.8 Å². The summed E-state index contributed by atoms with van der Waals surface area (Å²) in [4.78, 5) is 36.3. The maximum atomic E-state index is 13.0. The van der Waals surface area contributed by atoms with Gasteiger partial charge in [0.25, 0.3) is 0 Å². The minimum absolute atomic E-state index is 0.0661. The fourth-order valence-corrected chi connectivity index (χ4v) is 4.81. The summed E-state index contributed by atoms with van der Waals surface area (Å²) >= 11 is 0. The van der Waals surface area contributed by atoms with Crippen LogP contribution >= 0.6 is 0 Å². The van der Waals surface area contributed by atoms with Crippen LogP contribution in [-0.2, 0) is 29.1 Å². The van der Waals surface area contributed by atoms with Gasteiger partial charge in [0.05, 0.1) is 11.3 Å². The molecule has 1 fully saturated rings. The van der Waals surface area contributed by atoms with Crippen molar-refractivity contribution in [3.63, 3.8) is 0 Å². The Labute approximate surface area is 176 Å². The Morgan fingerprint density at radius 3 is 2.37 bits per heavy atom. The first-order valence-electron chi connectivity index (χ1n) is 9.65. The van der Waals surface area contributed by atoms with E-state index in [9.17, 15) is 27.9 Å². The SMILES string of the molecule is Cc1ccc(S(=O)(=O)N2CCC[C@H]2C(=O)N[C@@H](CC(=O)OC(C)(C)C)C(=O)O)cc1. The molecule has 0 aliphatic carbocycles. The Kier molecular flexibility index (Phi) is 7.25. The van der Waals surface area contributed by atoms with Crippen molar-refractivity contribution in [2.75, 3.05) is 6.54 Å². The molecular formula is C20H28N2O7S. The van der Waals surface area contributed by atoms with Crippen LogP contribution < -0.4 is 5.32 Å². The van der Waals surface area contributed by atoms with Crippen molar-refractivity contribution in [1.82, 2.24) is 9.62 Å². The average Bonchev–Trinajstić information content (AvgIpc) is 3.10. The number of hydrogen-bond acceptors (Lipinski definition) is 6. The molecule has 0 radical (unpaired) electrons. The molecule has 1 aromatic rings. The van der Waals surface area contributed by atoms with Crippen molar-refractivity contribution in [3.8, 4) is 0 Å². The lowest BCUT2D eigenvalue weighted by molar-refractivity contribution is -0.158. The normalized spacial score (nSPS) is 18.6. The highest BCUT2D eigenvalue weighted by molar-refractivity contribution is 7.89. The topological polar surface area (TPSA) is 130 Å². The van der Waals surface area contributed by atoms with Crippen molar-refractivity contribution in [2.45, 2.75) is 69.5 Å². The summed E-state index contributed by atoms with van der Waals surface area (Å²) in [6.45, 7) is 6.92. The van der Waals surface area contributed by atoms with Gasteiger partial charge in [0.15, 0.2) is 0 Å². The third-order valence-corrected chi connectivity index (χ3v) is 6.46. The molecule has 0 saturated carbocycles. The van der Waals surface area contributed by atoms with Crippen molar-refractivity contribution in [1.29, 1.82) is 0 Å². The van der Waals surface area contributed by atoms with Crippen LogP contribution in [-0.4, -0.2) is 59.9 Å². The number of carbonyl (C=O) groups is 3. The highest BCUT2D eigenvalue weighted by Gasteiger charge is 2.40. The van der Waals surface area contributed by atoms with E-state index in [4.69, 9.17) is 4.74 Å². The van der Waals surface area contributed by atoms with Crippen molar-refractivity contribution < 1.29 is 32.6 Å². The quantitative estimate of drug-likeness (QED) is 0.614. The molecule has 2 rings (SSSR count). The lowest BCUT2D eigenvalue weighted by Crippen LogP contribution is -2.51. The molecule has 9 nitrogen and oxygen atoms in total. The number of carboxylic acids is 1. The number of aryl methyl sites for hydroxylation is 1. The molecule has 30 heavy (non-hydrogen) atoms. The minimum Gasteiger partial charge on any atom is -0.480 e. The Hall–Kier alpha value is -2.46. The molecule has 1 saturated heterocycles. The number of hydrogen-bond donors (Lipinski definition) is 2. The van der Waals surface area contributed by atoms with Gasteiger partial charge in [-0.3, -0.25) is 9.59 Å². The van der Waals surface area contributed by atoms with Crippen LogP contribution in [0.1, 0.15) is 45.6 Å². The monoisotopic (exact) mass is 440 g/mol. The zero-order valence-electron chi connectivity index (χ0n) is 17.5. The zero-order valence-corrected chi connectivity index (χ0v) is 18.4. The largest absolute Gasteiger partial charge is 0.480 e. The Balaban J connectivity index is 2.14. The zero-order chi connectivity index (χ0) is 22.7. The Bertz CT molecular complexity index is 904. The number of nitrogens with one attached hydrogen (secondary N) is 1. The minimum atomic E-state index is -3.92. The molecular weight excluding hydrogens is 412 g/mol. The summed E-state index contributed by atoms with van der Waals surface area (Å²) in [5, 5.41) is 11.7. The summed E-state index contributed by atoms with van der Waals surface area (Å²) in [5.74, 6) is -2.93. The van der Waals surface area contributed by atoms with Gasteiger partial charge < -0.3 is 15.2 Å². The molecule has 1 aliphatic heterocycles. The molecule has 0 unspecified atom stereocenters. The first-order valence-corrected chi connectivity index (χ1v) is 11.1. The predicted molar refractivity (Wildman–Crippen MR) is 108 cm³/mol. The number of rotatable bonds is 7. The van der Waals surface area contributed by atoms with Gasteiger partial charge in [-0.05, 0) is 52.7 Å². The second-order valence-electron chi connectivity index (χ2n) is 8.28. The number of nitrogens with zero attached hydrogens (tertiary/aromatic N) is 1. The Morgan fingerprint density at radius 1 is 1.23 bits per heavy atom. The van der Waals surface area contributed by atoms with E-state index in [-0.39, 0.29) is 17.9 Å². The smallest absolute Gasteiger partial charge is 0.326 e. The predicted octanol–water partition coefficient (Wildman–Crippen LogP) is 1.45. The van der Waals surface area contributed by atoms with Crippen LogP contribution in [0, 0.1) is 6.92 Å². The van der Waals surface area contributed by atoms with Gasteiger partial charge >= 0.3 is 11.9 Å². The number of carboxylic acid groups (broad SMARTS) is 1. The fraction of sp³-hybridized carbons (Fsp3) is 0.550. The number of amides is 1. The van der Waals surface area contributed by atoms with Gasteiger partial charge in [0.1, 0.15) is 17.7 Å². The number of ether oxygens (including phenoxy) is 1. The van der Waals surface area contributed by atoms with E-state index in [1.165, 1.54) is 12.1 Å². The highest BCUT2D eigenvalue weighted by Crippen LogP contribution is 2.26. The lowest BCUT2D eigenvalue weighted by Gasteiger charge is -2.25. The first-order chi connectivity index (χ1) is 13.8. The van der Waals surface area contributed by atoms with Gasteiger partial charge in [-0.15, -0.1) is 0 Å². The number of sulfonamides is 1. The maximum Gasteiger partial charge on any atom is 0.326 e. The van der Waals surface area contributed by atoms with Gasteiger partial charge in [0, 0.05) is 6.54 Å².